The number of para-hydroxylation sites is 1. The lowest BCUT2D eigenvalue weighted by Crippen LogP contribution is -2.38. The molecule has 2 atom stereocenters. The van der Waals surface area contributed by atoms with Crippen LogP contribution in [0.4, 0.5) is 0 Å². The van der Waals surface area contributed by atoms with Gasteiger partial charge in [0.1, 0.15) is 6.10 Å². The minimum atomic E-state index is -0.932. The molecular weight excluding hydrogens is 284 g/mol. The molecule has 6 heteroatoms. The molecule has 1 aromatic rings. The highest BCUT2D eigenvalue weighted by molar-refractivity contribution is 5.68. The topological polar surface area (TPSA) is 85.0 Å². The molecule has 0 radical (unpaired) electrons. The first-order chi connectivity index (χ1) is 10.5. The number of ether oxygens (including phenoxy) is 2. The summed E-state index contributed by atoms with van der Waals surface area (Å²) >= 11 is 0. The van der Waals surface area contributed by atoms with Crippen LogP contribution < -0.4 is 15.2 Å². The molecule has 0 saturated carbocycles. The number of likely N-dealkylation sites (tertiary alicyclic amines) is 1. The van der Waals surface area contributed by atoms with Gasteiger partial charge in [0.25, 0.3) is 0 Å². The van der Waals surface area contributed by atoms with E-state index < -0.39 is 12.0 Å². The Hall–Kier alpha value is -1.79. The van der Waals surface area contributed by atoms with Crippen LogP contribution in [0.2, 0.25) is 0 Å². The summed E-state index contributed by atoms with van der Waals surface area (Å²) in [5.41, 5.74) is 6.70. The molecule has 0 spiro atoms. The van der Waals surface area contributed by atoms with E-state index in [9.17, 15) is 4.79 Å². The predicted octanol–water partition coefficient (Wildman–Crippen LogP) is 1.64. The van der Waals surface area contributed by atoms with Crippen LogP contribution in [0.1, 0.15) is 30.9 Å². The highest BCUT2D eigenvalue weighted by Crippen LogP contribution is 2.36. The van der Waals surface area contributed by atoms with Crippen molar-refractivity contribution in [3.05, 3.63) is 23.8 Å². The normalized spacial score (nSPS) is 20.4. The maximum Gasteiger partial charge on any atom is 0.305 e. The van der Waals surface area contributed by atoms with Gasteiger partial charge in [-0.2, -0.15) is 0 Å². The van der Waals surface area contributed by atoms with Crippen LogP contribution in [0.15, 0.2) is 18.2 Å². The summed E-state index contributed by atoms with van der Waals surface area (Å²) in [5.74, 6) is 0.226. The number of likely N-dealkylation sites (N-methyl/N-ethyl adjacent to an activating group) is 1. The van der Waals surface area contributed by atoms with Gasteiger partial charge in [-0.3, -0.25) is 4.79 Å². The molecule has 1 fully saturated rings. The summed E-state index contributed by atoms with van der Waals surface area (Å²) in [4.78, 5) is 13.1. The fourth-order valence-corrected chi connectivity index (χ4v) is 2.79. The Kier molecular flexibility index (Phi) is 5.63. The summed E-state index contributed by atoms with van der Waals surface area (Å²) in [6.45, 7) is 1.91. The zero-order valence-corrected chi connectivity index (χ0v) is 13.1. The summed E-state index contributed by atoms with van der Waals surface area (Å²) in [6, 6.07) is 4.79. The van der Waals surface area contributed by atoms with Gasteiger partial charge in [0.2, 0.25) is 0 Å². The maximum absolute atomic E-state index is 10.9. The fourth-order valence-electron chi connectivity index (χ4n) is 2.79. The first kappa shape index (κ1) is 16.6. The molecule has 0 aromatic heterocycles. The average Bonchev–Trinajstić information content (AvgIpc) is 2.46. The van der Waals surface area contributed by atoms with Gasteiger partial charge in [-0.1, -0.05) is 12.1 Å². The van der Waals surface area contributed by atoms with Crippen molar-refractivity contribution in [2.75, 3.05) is 27.2 Å². The lowest BCUT2D eigenvalue weighted by atomic mass is 10.0. The first-order valence-electron chi connectivity index (χ1n) is 7.50. The van der Waals surface area contributed by atoms with E-state index in [4.69, 9.17) is 20.3 Å². The van der Waals surface area contributed by atoms with Crippen molar-refractivity contribution >= 4 is 5.97 Å². The SMILES string of the molecule is COc1cccc(C(N)CC(=O)O)c1OC1CCCN(C)C1. The molecule has 1 aromatic carbocycles. The van der Waals surface area contributed by atoms with Crippen molar-refractivity contribution in [3.8, 4) is 11.5 Å². The van der Waals surface area contributed by atoms with Crippen LogP contribution in [0.3, 0.4) is 0 Å². The average molecular weight is 308 g/mol. The van der Waals surface area contributed by atoms with E-state index >= 15 is 0 Å². The number of hydrogen-bond donors (Lipinski definition) is 2. The van der Waals surface area contributed by atoms with Gasteiger partial charge in [0.15, 0.2) is 11.5 Å². The van der Waals surface area contributed by atoms with Gasteiger partial charge in [0.05, 0.1) is 13.5 Å². The Bertz CT molecular complexity index is 521. The third-order valence-corrected chi connectivity index (χ3v) is 3.89. The zero-order chi connectivity index (χ0) is 16.1. The van der Waals surface area contributed by atoms with Crippen molar-refractivity contribution in [1.29, 1.82) is 0 Å². The number of piperidine rings is 1. The molecule has 0 bridgehead atoms. The monoisotopic (exact) mass is 308 g/mol. The lowest BCUT2D eigenvalue weighted by molar-refractivity contribution is -0.137. The van der Waals surface area contributed by atoms with Gasteiger partial charge in [-0.05, 0) is 32.5 Å². The number of nitrogens with two attached hydrogens (primary N) is 1. The van der Waals surface area contributed by atoms with Gasteiger partial charge >= 0.3 is 5.97 Å². The van der Waals surface area contributed by atoms with Gasteiger partial charge in [-0.25, -0.2) is 0 Å². The number of carbonyl (C=O) groups is 1. The fraction of sp³-hybridized carbons (Fsp3) is 0.562. The van der Waals surface area contributed by atoms with Crippen LogP contribution in [0.5, 0.6) is 11.5 Å². The Morgan fingerprint density at radius 2 is 2.32 bits per heavy atom. The standard InChI is InChI=1S/C16H24N2O4/c1-18-8-4-5-11(10-18)22-16-12(13(17)9-15(19)20)6-3-7-14(16)21-2/h3,6-7,11,13H,4-5,8-10,17H2,1-2H3,(H,19,20). The molecule has 1 aliphatic heterocycles. The second-order valence-corrected chi connectivity index (χ2v) is 5.73. The minimum absolute atomic E-state index is 0.0610. The van der Waals surface area contributed by atoms with Crippen molar-refractivity contribution < 1.29 is 19.4 Å². The number of carboxylic acid groups (broad SMARTS) is 1. The Morgan fingerprint density at radius 1 is 1.55 bits per heavy atom. The molecule has 3 N–H and O–H groups in total. The largest absolute Gasteiger partial charge is 0.493 e. The molecule has 22 heavy (non-hydrogen) atoms. The van der Waals surface area contributed by atoms with Crippen molar-refractivity contribution in [2.24, 2.45) is 5.73 Å². The molecule has 1 aliphatic rings. The van der Waals surface area contributed by atoms with E-state index in [0.29, 0.717) is 17.1 Å². The van der Waals surface area contributed by atoms with Crippen molar-refractivity contribution in [1.82, 2.24) is 4.90 Å². The van der Waals surface area contributed by atoms with E-state index in [1.54, 1.807) is 25.3 Å². The van der Waals surface area contributed by atoms with E-state index in [-0.39, 0.29) is 12.5 Å². The number of rotatable bonds is 6. The Morgan fingerprint density at radius 3 is 2.95 bits per heavy atom. The van der Waals surface area contributed by atoms with Crippen LogP contribution in [-0.2, 0) is 4.79 Å². The summed E-state index contributed by atoms with van der Waals surface area (Å²) in [6.07, 6.45) is 1.96. The predicted molar refractivity (Wildman–Crippen MR) is 83.3 cm³/mol. The molecule has 2 rings (SSSR count). The molecule has 122 valence electrons. The highest BCUT2D eigenvalue weighted by atomic mass is 16.5. The van der Waals surface area contributed by atoms with E-state index in [1.165, 1.54) is 0 Å². The molecule has 0 aliphatic carbocycles. The molecule has 0 amide bonds. The first-order valence-corrected chi connectivity index (χ1v) is 7.50. The number of hydrogen-bond acceptors (Lipinski definition) is 5. The highest BCUT2D eigenvalue weighted by Gasteiger charge is 2.24. The summed E-state index contributed by atoms with van der Waals surface area (Å²) in [7, 11) is 3.64. The molecule has 6 nitrogen and oxygen atoms in total. The van der Waals surface area contributed by atoms with Crippen LogP contribution in [0, 0.1) is 0 Å². The van der Waals surface area contributed by atoms with E-state index in [2.05, 4.69) is 11.9 Å². The van der Waals surface area contributed by atoms with Gasteiger partial charge < -0.3 is 25.2 Å². The lowest BCUT2D eigenvalue weighted by Gasteiger charge is -2.31. The third-order valence-electron chi connectivity index (χ3n) is 3.89. The van der Waals surface area contributed by atoms with Crippen molar-refractivity contribution in [3.63, 3.8) is 0 Å². The van der Waals surface area contributed by atoms with E-state index in [0.717, 1.165) is 25.9 Å². The second-order valence-electron chi connectivity index (χ2n) is 5.73. The quantitative estimate of drug-likeness (QED) is 0.831. The zero-order valence-electron chi connectivity index (χ0n) is 13.1. The van der Waals surface area contributed by atoms with Crippen LogP contribution in [-0.4, -0.2) is 49.3 Å². The van der Waals surface area contributed by atoms with E-state index in [1.807, 2.05) is 0 Å². The number of carboxylic acids is 1. The van der Waals surface area contributed by atoms with Crippen LogP contribution in [0.25, 0.3) is 0 Å². The van der Waals surface area contributed by atoms with Crippen molar-refractivity contribution in [2.45, 2.75) is 31.4 Å². The second kappa shape index (κ2) is 7.47. The minimum Gasteiger partial charge on any atom is -0.493 e. The molecule has 1 heterocycles. The number of nitrogens with zero attached hydrogens (tertiary/aromatic N) is 1. The number of methoxy groups -OCH3 is 1. The third kappa shape index (κ3) is 4.11. The Labute approximate surface area is 130 Å². The molecular formula is C16H24N2O4. The molecule has 1 saturated heterocycles. The maximum atomic E-state index is 10.9. The summed E-state index contributed by atoms with van der Waals surface area (Å²) in [5, 5.41) is 8.96. The summed E-state index contributed by atoms with van der Waals surface area (Å²) < 4.78 is 11.5. The van der Waals surface area contributed by atoms with Gasteiger partial charge in [0, 0.05) is 18.2 Å². The Balaban J connectivity index is 2.24. The van der Waals surface area contributed by atoms with Gasteiger partial charge in [-0.15, -0.1) is 0 Å². The smallest absolute Gasteiger partial charge is 0.305 e. The number of benzene rings is 1. The number of aliphatic carboxylic acids is 1. The molecule has 2 unspecified atom stereocenters. The van der Waals surface area contributed by atoms with Crippen LogP contribution >= 0.6 is 0 Å².